The molecule has 0 bridgehead atoms. The number of benzene rings is 1. The van der Waals surface area contributed by atoms with Crippen molar-refractivity contribution in [2.45, 2.75) is 25.3 Å². The highest BCUT2D eigenvalue weighted by atomic mass is 16.6. The largest absolute Gasteiger partial charge is 0.491 e. The molecule has 1 unspecified atom stereocenters. The fourth-order valence-electron chi connectivity index (χ4n) is 2.86. The van der Waals surface area contributed by atoms with Crippen LogP contribution in [0.25, 0.3) is 0 Å². The Balaban J connectivity index is 1.59. The van der Waals surface area contributed by atoms with Gasteiger partial charge in [-0.15, -0.1) is 0 Å². The maximum Gasteiger partial charge on any atom is 0.165 e. The van der Waals surface area contributed by atoms with Gasteiger partial charge in [0.1, 0.15) is 19.0 Å². The average Bonchev–Trinajstić information content (AvgIpc) is 2.85. The Morgan fingerprint density at radius 2 is 2.05 bits per heavy atom. The summed E-state index contributed by atoms with van der Waals surface area (Å²) in [6.45, 7) is 3.01. The van der Waals surface area contributed by atoms with Crippen molar-refractivity contribution in [3.8, 4) is 17.2 Å². The normalized spacial score (nSPS) is 21.9. The lowest BCUT2D eigenvalue weighted by atomic mass is 10.1. The van der Waals surface area contributed by atoms with Crippen LogP contribution >= 0.6 is 0 Å². The summed E-state index contributed by atoms with van der Waals surface area (Å²) in [5, 5.41) is 0. The molecule has 0 spiro atoms. The molecule has 1 fully saturated rings. The molecule has 1 atom stereocenters. The van der Waals surface area contributed by atoms with E-state index < -0.39 is 0 Å². The van der Waals surface area contributed by atoms with E-state index in [0.717, 1.165) is 12.2 Å². The van der Waals surface area contributed by atoms with E-state index in [2.05, 4.69) is 11.9 Å². The first-order valence-electron chi connectivity index (χ1n) is 7.26. The monoisotopic (exact) mass is 278 g/mol. The third-order valence-electron chi connectivity index (χ3n) is 4.05. The molecule has 5 nitrogen and oxygen atoms in total. The van der Waals surface area contributed by atoms with E-state index >= 15 is 0 Å². The summed E-state index contributed by atoms with van der Waals surface area (Å²) in [5.74, 6) is 2.12. The van der Waals surface area contributed by atoms with Gasteiger partial charge in [-0.05, 0) is 32.9 Å². The molecule has 0 aromatic heterocycles. The number of hydrogen-bond donors (Lipinski definition) is 1. The summed E-state index contributed by atoms with van der Waals surface area (Å²) in [6, 6.07) is 4.25. The standard InChI is InChI=1S/C15H22N2O3/c1-17-5-2-3-11(17)4-6-18-13-10-15-14(9-12(13)16)19-7-8-20-15/h9-11H,2-8,16H2,1H3. The third-order valence-corrected chi connectivity index (χ3v) is 4.05. The maximum atomic E-state index is 6.00. The van der Waals surface area contributed by atoms with Gasteiger partial charge in [-0.3, -0.25) is 0 Å². The molecule has 2 aliphatic rings. The molecule has 0 aliphatic carbocycles. The summed E-state index contributed by atoms with van der Waals surface area (Å²) < 4.78 is 16.9. The van der Waals surface area contributed by atoms with Crippen molar-refractivity contribution in [2.24, 2.45) is 0 Å². The third kappa shape index (κ3) is 2.77. The fraction of sp³-hybridized carbons (Fsp3) is 0.600. The van der Waals surface area contributed by atoms with Gasteiger partial charge in [0.25, 0.3) is 0 Å². The molecular weight excluding hydrogens is 256 g/mol. The predicted octanol–water partition coefficient (Wildman–Crippen LogP) is 1.90. The van der Waals surface area contributed by atoms with E-state index in [1.54, 1.807) is 6.07 Å². The number of nitrogen functional groups attached to an aromatic ring is 1. The smallest absolute Gasteiger partial charge is 0.165 e. The molecule has 0 saturated carbocycles. The molecule has 1 aromatic rings. The molecule has 0 radical (unpaired) electrons. The highest BCUT2D eigenvalue weighted by Crippen LogP contribution is 2.38. The average molecular weight is 278 g/mol. The van der Waals surface area contributed by atoms with Gasteiger partial charge in [0.05, 0.1) is 12.3 Å². The minimum Gasteiger partial charge on any atom is -0.491 e. The van der Waals surface area contributed by atoms with E-state index in [-0.39, 0.29) is 0 Å². The minimum atomic E-state index is 0.570. The molecule has 5 heteroatoms. The number of nitrogens with zero attached hydrogens (tertiary/aromatic N) is 1. The summed E-state index contributed by atoms with van der Waals surface area (Å²) >= 11 is 0. The van der Waals surface area contributed by atoms with Gasteiger partial charge >= 0.3 is 0 Å². The van der Waals surface area contributed by atoms with Crippen LogP contribution in [-0.4, -0.2) is 44.4 Å². The lowest BCUT2D eigenvalue weighted by Crippen LogP contribution is -2.26. The van der Waals surface area contributed by atoms with Crippen molar-refractivity contribution >= 4 is 5.69 Å². The second-order valence-corrected chi connectivity index (χ2v) is 5.45. The number of ether oxygens (including phenoxy) is 3. The fourth-order valence-corrected chi connectivity index (χ4v) is 2.86. The number of rotatable bonds is 4. The van der Waals surface area contributed by atoms with E-state index in [4.69, 9.17) is 19.9 Å². The number of fused-ring (bicyclic) bond motifs is 1. The zero-order valence-corrected chi connectivity index (χ0v) is 11.9. The van der Waals surface area contributed by atoms with Crippen molar-refractivity contribution in [3.63, 3.8) is 0 Å². The predicted molar refractivity (Wildman–Crippen MR) is 77.6 cm³/mol. The summed E-state index contributed by atoms with van der Waals surface area (Å²) in [7, 11) is 2.18. The SMILES string of the molecule is CN1CCCC1CCOc1cc2c(cc1N)OCCO2. The van der Waals surface area contributed by atoms with Gasteiger partial charge in [0.15, 0.2) is 11.5 Å². The van der Waals surface area contributed by atoms with Crippen LogP contribution in [0.15, 0.2) is 12.1 Å². The molecule has 0 amide bonds. The van der Waals surface area contributed by atoms with Crippen LogP contribution in [0.4, 0.5) is 5.69 Å². The van der Waals surface area contributed by atoms with E-state index in [1.165, 1.54) is 19.4 Å². The highest BCUT2D eigenvalue weighted by Gasteiger charge is 2.21. The van der Waals surface area contributed by atoms with E-state index in [9.17, 15) is 0 Å². The summed E-state index contributed by atoms with van der Waals surface area (Å²) in [4.78, 5) is 2.40. The molecule has 20 heavy (non-hydrogen) atoms. The lowest BCUT2D eigenvalue weighted by Gasteiger charge is -2.21. The van der Waals surface area contributed by atoms with Gasteiger partial charge in [-0.25, -0.2) is 0 Å². The summed E-state index contributed by atoms with van der Waals surface area (Å²) in [6.07, 6.45) is 3.58. The van der Waals surface area contributed by atoms with Gasteiger partial charge in [-0.2, -0.15) is 0 Å². The second-order valence-electron chi connectivity index (χ2n) is 5.45. The first kappa shape index (κ1) is 13.4. The Hall–Kier alpha value is -1.62. The van der Waals surface area contributed by atoms with Crippen molar-refractivity contribution in [2.75, 3.05) is 39.1 Å². The summed E-state index contributed by atoms with van der Waals surface area (Å²) in [5.41, 5.74) is 6.60. The van der Waals surface area contributed by atoms with Crippen LogP contribution in [0.5, 0.6) is 17.2 Å². The van der Waals surface area contributed by atoms with Crippen molar-refractivity contribution in [1.29, 1.82) is 0 Å². The molecule has 1 aromatic carbocycles. The minimum absolute atomic E-state index is 0.570. The van der Waals surface area contributed by atoms with Crippen LogP contribution in [0.2, 0.25) is 0 Å². The highest BCUT2D eigenvalue weighted by molar-refractivity contribution is 5.62. The molecule has 2 heterocycles. The van der Waals surface area contributed by atoms with Crippen molar-refractivity contribution in [3.05, 3.63) is 12.1 Å². The first-order valence-corrected chi connectivity index (χ1v) is 7.26. The van der Waals surface area contributed by atoms with Crippen LogP contribution in [0, 0.1) is 0 Å². The van der Waals surface area contributed by atoms with Crippen molar-refractivity contribution < 1.29 is 14.2 Å². The van der Waals surface area contributed by atoms with Crippen LogP contribution in [-0.2, 0) is 0 Å². The molecular formula is C15H22N2O3. The quantitative estimate of drug-likeness (QED) is 0.853. The van der Waals surface area contributed by atoms with Crippen LogP contribution < -0.4 is 19.9 Å². The molecule has 1 saturated heterocycles. The zero-order valence-electron chi connectivity index (χ0n) is 11.9. The molecule has 110 valence electrons. The first-order chi connectivity index (χ1) is 9.74. The number of hydrogen-bond acceptors (Lipinski definition) is 5. The molecule has 2 aliphatic heterocycles. The lowest BCUT2D eigenvalue weighted by molar-refractivity contribution is 0.170. The second kappa shape index (κ2) is 5.79. The molecule has 2 N–H and O–H groups in total. The topological polar surface area (TPSA) is 57.0 Å². The Bertz CT molecular complexity index is 478. The van der Waals surface area contributed by atoms with Gasteiger partial charge in [0.2, 0.25) is 0 Å². The van der Waals surface area contributed by atoms with Crippen LogP contribution in [0.3, 0.4) is 0 Å². The van der Waals surface area contributed by atoms with Crippen molar-refractivity contribution in [1.82, 2.24) is 4.90 Å². The van der Waals surface area contributed by atoms with Crippen LogP contribution in [0.1, 0.15) is 19.3 Å². The Morgan fingerprint density at radius 1 is 1.30 bits per heavy atom. The Morgan fingerprint density at radius 3 is 2.75 bits per heavy atom. The number of likely N-dealkylation sites (tertiary alicyclic amines) is 1. The van der Waals surface area contributed by atoms with Gasteiger partial charge in [-0.1, -0.05) is 0 Å². The van der Waals surface area contributed by atoms with E-state index in [0.29, 0.717) is 43.0 Å². The zero-order chi connectivity index (χ0) is 13.9. The Kier molecular flexibility index (Phi) is 3.87. The molecule has 3 rings (SSSR count). The number of anilines is 1. The maximum absolute atomic E-state index is 6.00. The van der Waals surface area contributed by atoms with Gasteiger partial charge in [0, 0.05) is 18.2 Å². The van der Waals surface area contributed by atoms with E-state index in [1.807, 2.05) is 6.07 Å². The Labute approximate surface area is 119 Å². The van der Waals surface area contributed by atoms with Gasteiger partial charge < -0.3 is 24.8 Å². The number of nitrogens with two attached hydrogens (primary N) is 1.